The van der Waals surface area contributed by atoms with E-state index in [4.69, 9.17) is 0 Å². The number of benzene rings is 1. The van der Waals surface area contributed by atoms with Gasteiger partial charge in [0.2, 0.25) is 5.82 Å². The molecule has 0 saturated heterocycles. The molecule has 15 heavy (non-hydrogen) atoms. The topological polar surface area (TPSA) is 43.1 Å². The SMILES string of the molecule is O=[N+]([O-])c1c(C(F)(F)F)ccc(F)c1F. The molecule has 1 rings (SSSR count). The summed E-state index contributed by atoms with van der Waals surface area (Å²) in [4.78, 5) is 8.53. The summed E-state index contributed by atoms with van der Waals surface area (Å²) in [6.07, 6.45) is -5.10. The van der Waals surface area contributed by atoms with Crippen molar-refractivity contribution in [3.05, 3.63) is 39.4 Å². The molecular formula is C7H2F5NO2. The molecule has 0 heterocycles. The second-order valence-electron chi connectivity index (χ2n) is 2.51. The highest BCUT2D eigenvalue weighted by Crippen LogP contribution is 2.37. The number of hydrogen-bond acceptors (Lipinski definition) is 2. The highest BCUT2D eigenvalue weighted by molar-refractivity contribution is 5.43. The predicted molar refractivity (Wildman–Crippen MR) is 38.0 cm³/mol. The first-order valence-electron chi connectivity index (χ1n) is 3.44. The average Bonchev–Trinajstić information content (AvgIpc) is 2.06. The zero-order chi connectivity index (χ0) is 11.8. The van der Waals surface area contributed by atoms with Gasteiger partial charge < -0.3 is 0 Å². The van der Waals surface area contributed by atoms with Crippen molar-refractivity contribution in [3.63, 3.8) is 0 Å². The molecule has 0 fully saturated rings. The summed E-state index contributed by atoms with van der Waals surface area (Å²) in [5, 5.41) is 10.1. The summed E-state index contributed by atoms with van der Waals surface area (Å²) in [5.74, 6) is -3.82. The largest absolute Gasteiger partial charge is 0.423 e. The van der Waals surface area contributed by atoms with Crippen LogP contribution in [0, 0.1) is 21.7 Å². The van der Waals surface area contributed by atoms with Crippen LogP contribution in [0.3, 0.4) is 0 Å². The third-order valence-electron chi connectivity index (χ3n) is 1.56. The molecule has 0 aliphatic carbocycles. The van der Waals surface area contributed by atoms with Crippen LogP contribution in [-0.2, 0) is 6.18 Å². The van der Waals surface area contributed by atoms with E-state index in [0.29, 0.717) is 0 Å². The smallest absolute Gasteiger partial charge is 0.258 e. The molecule has 0 aliphatic heterocycles. The van der Waals surface area contributed by atoms with Crippen molar-refractivity contribution >= 4 is 5.69 Å². The Balaban J connectivity index is 3.55. The lowest BCUT2D eigenvalue weighted by molar-refractivity contribution is -0.391. The molecule has 0 amide bonds. The maximum Gasteiger partial charge on any atom is 0.423 e. The summed E-state index contributed by atoms with van der Waals surface area (Å²) < 4.78 is 61.6. The molecule has 3 nitrogen and oxygen atoms in total. The number of rotatable bonds is 1. The average molecular weight is 227 g/mol. The number of nitro groups is 1. The first-order valence-corrected chi connectivity index (χ1v) is 3.44. The van der Waals surface area contributed by atoms with Crippen LogP contribution in [0.15, 0.2) is 12.1 Å². The van der Waals surface area contributed by atoms with E-state index in [1.807, 2.05) is 0 Å². The molecule has 0 aliphatic rings. The summed E-state index contributed by atoms with van der Waals surface area (Å²) in [6.45, 7) is 0. The summed E-state index contributed by atoms with van der Waals surface area (Å²) >= 11 is 0. The Hall–Kier alpha value is -1.73. The van der Waals surface area contributed by atoms with Gasteiger partial charge in [-0.2, -0.15) is 17.6 Å². The fourth-order valence-electron chi connectivity index (χ4n) is 0.947. The second-order valence-corrected chi connectivity index (χ2v) is 2.51. The molecule has 0 bridgehead atoms. The van der Waals surface area contributed by atoms with Crippen molar-refractivity contribution in [2.45, 2.75) is 6.18 Å². The van der Waals surface area contributed by atoms with Gasteiger partial charge >= 0.3 is 11.9 Å². The second kappa shape index (κ2) is 3.44. The molecule has 0 aromatic heterocycles. The van der Waals surface area contributed by atoms with E-state index in [1.54, 1.807) is 0 Å². The lowest BCUT2D eigenvalue weighted by Gasteiger charge is -2.07. The maximum absolute atomic E-state index is 12.7. The highest BCUT2D eigenvalue weighted by Gasteiger charge is 2.41. The molecule has 1 aromatic carbocycles. The predicted octanol–water partition coefficient (Wildman–Crippen LogP) is 2.89. The summed E-state index contributed by atoms with van der Waals surface area (Å²) in [5.41, 5.74) is -3.71. The van der Waals surface area contributed by atoms with Gasteiger partial charge in [-0.15, -0.1) is 0 Å². The zero-order valence-corrected chi connectivity index (χ0v) is 6.81. The van der Waals surface area contributed by atoms with Gasteiger partial charge in [-0.3, -0.25) is 10.1 Å². The number of hydrogen-bond donors (Lipinski definition) is 0. The van der Waals surface area contributed by atoms with Gasteiger partial charge in [-0.25, -0.2) is 4.39 Å². The van der Waals surface area contributed by atoms with Gasteiger partial charge in [0.15, 0.2) is 5.82 Å². The Bertz CT molecular complexity index is 415. The van der Waals surface area contributed by atoms with Crippen LogP contribution in [0.2, 0.25) is 0 Å². The number of halogens is 5. The molecule has 1 aromatic rings. The van der Waals surface area contributed by atoms with E-state index in [2.05, 4.69) is 0 Å². The number of alkyl halides is 3. The first-order chi connectivity index (χ1) is 6.75. The molecule has 0 atom stereocenters. The van der Waals surface area contributed by atoms with Crippen LogP contribution in [0.25, 0.3) is 0 Å². The fraction of sp³-hybridized carbons (Fsp3) is 0.143. The standard InChI is InChI=1S/C7H2F5NO2/c8-4-2-1-3(7(10,11)12)6(5(4)9)13(14)15/h1-2H. The molecule has 8 heteroatoms. The normalized spacial score (nSPS) is 11.5. The lowest BCUT2D eigenvalue weighted by atomic mass is 10.1. The minimum atomic E-state index is -5.10. The molecular weight excluding hydrogens is 225 g/mol. The highest BCUT2D eigenvalue weighted by atomic mass is 19.4. The molecule has 0 saturated carbocycles. The van der Waals surface area contributed by atoms with Crippen molar-refractivity contribution in [2.24, 2.45) is 0 Å². The van der Waals surface area contributed by atoms with E-state index in [-0.39, 0.29) is 12.1 Å². The molecule has 0 N–H and O–H groups in total. The molecule has 0 unspecified atom stereocenters. The lowest BCUT2D eigenvalue weighted by Crippen LogP contribution is -2.11. The van der Waals surface area contributed by atoms with Crippen molar-refractivity contribution in [2.75, 3.05) is 0 Å². The van der Waals surface area contributed by atoms with Gasteiger partial charge in [-0.05, 0) is 12.1 Å². The third-order valence-corrected chi connectivity index (χ3v) is 1.56. The minimum absolute atomic E-state index is 0.122. The Morgan fingerprint density at radius 3 is 2.13 bits per heavy atom. The van der Waals surface area contributed by atoms with E-state index < -0.39 is 34.0 Å². The van der Waals surface area contributed by atoms with Crippen LogP contribution in [0.4, 0.5) is 27.6 Å². The van der Waals surface area contributed by atoms with Crippen LogP contribution >= 0.6 is 0 Å². The van der Waals surface area contributed by atoms with Crippen molar-refractivity contribution in [1.29, 1.82) is 0 Å². The molecule has 0 spiro atoms. The molecule has 0 radical (unpaired) electrons. The minimum Gasteiger partial charge on any atom is -0.258 e. The Labute approximate surface area is 79.3 Å². The quantitative estimate of drug-likeness (QED) is 0.420. The number of nitro benzene ring substituents is 1. The van der Waals surface area contributed by atoms with Crippen LogP contribution in [-0.4, -0.2) is 4.92 Å². The fourth-order valence-corrected chi connectivity index (χ4v) is 0.947. The van der Waals surface area contributed by atoms with Gasteiger partial charge in [0.05, 0.1) is 4.92 Å². The summed E-state index contributed by atoms with van der Waals surface area (Å²) in [7, 11) is 0. The van der Waals surface area contributed by atoms with E-state index in [1.165, 1.54) is 0 Å². The van der Waals surface area contributed by atoms with E-state index in [9.17, 15) is 32.1 Å². The van der Waals surface area contributed by atoms with E-state index >= 15 is 0 Å². The zero-order valence-electron chi connectivity index (χ0n) is 6.81. The molecule has 82 valence electrons. The van der Waals surface area contributed by atoms with Crippen LogP contribution < -0.4 is 0 Å². The van der Waals surface area contributed by atoms with Gasteiger partial charge in [0, 0.05) is 0 Å². The Kier molecular flexibility index (Phi) is 2.61. The van der Waals surface area contributed by atoms with Gasteiger partial charge in [-0.1, -0.05) is 0 Å². The van der Waals surface area contributed by atoms with Gasteiger partial charge in [0.1, 0.15) is 5.56 Å². The Morgan fingerprint density at radius 2 is 1.73 bits per heavy atom. The van der Waals surface area contributed by atoms with Crippen molar-refractivity contribution in [1.82, 2.24) is 0 Å². The summed E-state index contributed by atoms with van der Waals surface area (Å²) in [6, 6.07) is 0.307. The Morgan fingerprint density at radius 1 is 1.20 bits per heavy atom. The number of nitrogens with zero attached hydrogens (tertiary/aromatic N) is 1. The van der Waals surface area contributed by atoms with Crippen LogP contribution in [0.1, 0.15) is 5.56 Å². The maximum atomic E-state index is 12.7. The van der Waals surface area contributed by atoms with Crippen molar-refractivity contribution < 1.29 is 26.9 Å². The van der Waals surface area contributed by atoms with Gasteiger partial charge in [0.25, 0.3) is 0 Å². The monoisotopic (exact) mass is 227 g/mol. The third kappa shape index (κ3) is 2.03. The van der Waals surface area contributed by atoms with Crippen LogP contribution in [0.5, 0.6) is 0 Å². The van der Waals surface area contributed by atoms with Crippen molar-refractivity contribution in [3.8, 4) is 0 Å². The van der Waals surface area contributed by atoms with E-state index in [0.717, 1.165) is 0 Å². The first kappa shape index (κ1) is 11.3.